The number of hydrogen-bond donors (Lipinski definition) is 1. The smallest absolute Gasteiger partial charge is 0.0546 e. The van der Waals surface area contributed by atoms with Gasteiger partial charge in [0.15, 0.2) is 0 Å². The van der Waals surface area contributed by atoms with Crippen molar-refractivity contribution in [2.75, 3.05) is 45.9 Å². The van der Waals surface area contributed by atoms with Crippen LogP contribution in [0.2, 0.25) is 0 Å². The summed E-state index contributed by atoms with van der Waals surface area (Å²) in [6.07, 6.45) is 3.93. The lowest BCUT2D eigenvalue weighted by molar-refractivity contribution is -0.0231. The van der Waals surface area contributed by atoms with Crippen molar-refractivity contribution in [2.45, 2.75) is 33.1 Å². The van der Waals surface area contributed by atoms with Gasteiger partial charge in [0.1, 0.15) is 0 Å². The van der Waals surface area contributed by atoms with Gasteiger partial charge in [0.25, 0.3) is 0 Å². The summed E-state index contributed by atoms with van der Waals surface area (Å²) in [5, 5.41) is 3.54. The van der Waals surface area contributed by atoms with Gasteiger partial charge in [-0.1, -0.05) is 13.8 Å². The van der Waals surface area contributed by atoms with E-state index in [-0.39, 0.29) is 0 Å². The Hall–Kier alpha value is -0.120. The van der Waals surface area contributed by atoms with Gasteiger partial charge in [-0.2, -0.15) is 0 Å². The molecule has 0 aromatic carbocycles. The van der Waals surface area contributed by atoms with E-state index in [2.05, 4.69) is 24.1 Å². The highest BCUT2D eigenvalue weighted by Gasteiger charge is 2.35. The molecule has 0 saturated carbocycles. The van der Waals surface area contributed by atoms with Crippen LogP contribution >= 0.6 is 0 Å². The summed E-state index contributed by atoms with van der Waals surface area (Å²) in [7, 11) is 0. The van der Waals surface area contributed by atoms with Crippen molar-refractivity contribution in [1.82, 2.24) is 10.2 Å². The van der Waals surface area contributed by atoms with E-state index in [4.69, 9.17) is 4.74 Å². The molecular weight excluding hydrogens is 212 g/mol. The Bertz CT molecular complexity index is 226. The molecule has 100 valence electrons. The van der Waals surface area contributed by atoms with Gasteiger partial charge in [0, 0.05) is 31.7 Å². The van der Waals surface area contributed by atoms with Crippen LogP contribution in [0.25, 0.3) is 0 Å². The van der Waals surface area contributed by atoms with Crippen LogP contribution in [-0.4, -0.2) is 50.8 Å². The van der Waals surface area contributed by atoms with Crippen molar-refractivity contribution in [2.24, 2.45) is 11.3 Å². The number of nitrogens with one attached hydrogen (secondary N) is 1. The van der Waals surface area contributed by atoms with Gasteiger partial charge in [-0.25, -0.2) is 0 Å². The molecule has 2 aliphatic heterocycles. The number of ether oxygens (including phenoxy) is 1. The second-order valence-electron chi connectivity index (χ2n) is 6.07. The van der Waals surface area contributed by atoms with Gasteiger partial charge in [0.2, 0.25) is 0 Å². The molecule has 3 heteroatoms. The van der Waals surface area contributed by atoms with Crippen LogP contribution in [0.4, 0.5) is 0 Å². The predicted molar refractivity (Wildman–Crippen MR) is 71.3 cm³/mol. The first-order valence-corrected chi connectivity index (χ1v) is 7.25. The third-order valence-electron chi connectivity index (χ3n) is 4.22. The molecule has 0 radical (unpaired) electrons. The monoisotopic (exact) mass is 240 g/mol. The van der Waals surface area contributed by atoms with Gasteiger partial charge in [-0.15, -0.1) is 0 Å². The molecule has 17 heavy (non-hydrogen) atoms. The van der Waals surface area contributed by atoms with E-state index >= 15 is 0 Å². The number of rotatable bonds is 5. The molecule has 0 amide bonds. The van der Waals surface area contributed by atoms with Gasteiger partial charge in [0.05, 0.1) is 6.61 Å². The van der Waals surface area contributed by atoms with Crippen molar-refractivity contribution >= 4 is 0 Å². The molecule has 2 fully saturated rings. The molecule has 0 bridgehead atoms. The molecule has 2 heterocycles. The first-order chi connectivity index (χ1) is 8.24. The highest BCUT2D eigenvalue weighted by Crippen LogP contribution is 2.31. The van der Waals surface area contributed by atoms with E-state index in [9.17, 15) is 0 Å². The summed E-state index contributed by atoms with van der Waals surface area (Å²) >= 11 is 0. The Morgan fingerprint density at radius 3 is 2.94 bits per heavy atom. The third kappa shape index (κ3) is 3.67. The largest absolute Gasteiger partial charge is 0.381 e. The Kier molecular flexibility index (Phi) is 4.83. The Morgan fingerprint density at radius 1 is 1.47 bits per heavy atom. The van der Waals surface area contributed by atoms with E-state index in [1.54, 1.807) is 0 Å². The van der Waals surface area contributed by atoms with Crippen LogP contribution in [0.1, 0.15) is 33.1 Å². The first-order valence-electron chi connectivity index (χ1n) is 7.25. The zero-order chi connectivity index (χ0) is 12.1. The number of likely N-dealkylation sites (tertiary alicyclic amines) is 1. The van der Waals surface area contributed by atoms with Crippen LogP contribution in [0.3, 0.4) is 0 Å². The third-order valence-corrected chi connectivity index (χ3v) is 4.22. The number of nitrogens with zero attached hydrogens (tertiary/aromatic N) is 1. The molecule has 2 aliphatic rings. The molecule has 3 nitrogen and oxygen atoms in total. The van der Waals surface area contributed by atoms with E-state index in [1.165, 1.54) is 38.9 Å². The maximum atomic E-state index is 5.75. The fourth-order valence-electron chi connectivity index (χ4n) is 3.26. The van der Waals surface area contributed by atoms with Gasteiger partial charge < -0.3 is 15.0 Å². The van der Waals surface area contributed by atoms with Gasteiger partial charge >= 0.3 is 0 Å². The van der Waals surface area contributed by atoms with Gasteiger partial charge in [-0.3, -0.25) is 0 Å². The summed E-state index contributed by atoms with van der Waals surface area (Å²) in [5.41, 5.74) is 0.373. The van der Waals surface area contributed by atoms with Crippen LogP contribution in [-0.2, 0) is 4.74 Å². The minimum absolute atomic E-state index is 0.373. The Labute approximate surface area is 106 Å². The average Bonchev–Trinajstić information content (AvgIpc) is 2.73. The standard InChI is InChI=1S/C14H28N2O/c1-3-15-10-14(6-4-8-17-12-14)11-16-7-5-13(2)9-16/h13,15H,3-12H2,1-2H3. The molecular formula is C14H28N2O. The highest BCUT2D eigenvalue weighted by molar-refractivity contribution is 4.89. The zero-order valence-corrected chi connectivity index (χ0v) is 11.5. The first kappa shape index (κ1) is 13.3. The molecule has 0 aromatic rings. The molecule has 2 saturated heterocycles. The SMILES string of the molecule is CCNCC1(CN2CCC(C)C2)CCCOC1. The van der Waals surface area contributed by atoms with Crippen molar-refractivity contribution in [1.29, 1.82) is 0 Å². The molecule has 2 rings (SSSR count). The van der Waals surface area contributed by atoms with Crippen LogP contribution in [0.15, 0.2) is 0 Å². The van der Waals surface area contributed by atoms with Crippen LogP contribution in [0, 0.1) is 11.3 Å². The van der Waals surface area contributed by atoms with Gasteiger partial charge in [-0.05, 0) is 38.3 Å². The fraction of sp³-hybridized carbons (Fsp3) is 1.00. The molecule has 0 spiro atoms. The maximum Gasteiger partial charge on any atom is 0.0546 e. The normalized spacial score (nSPS) is 35.3. The Balaban J connectivity index is 1.89. The molecule has 2 unspecified atom stereocenters. The van der Waals surface area contributed by atoms with Crippen LogP contribution in [0.5, 0.6) is 0 Å². The Morgan fingerprint density at radius 2 is 2.35 bits per heavy atom. The van der Waals surface area contributed by atoms with Crippen molar-refractivity contribution in [3.05, 3.63) is 0 Å². The second-order valence-corrected chi connectivity index (χ2v) is 6.07. The summed E-state index contributed by atoms with van der Waals surface area (Å²) < 4.78 is 5.75. The summed E-state index contributed by atoms with van der Waals surface area (Å²) in [5.74, 6) is 0.885. The van der Waals surface area contributed by atoms with Crippen LogP contribution < -0.4 is 5.32 Å². The van der Waals surface area contributed by atoms with Crippen molar-refractivity contribution < 1.29 is 4.74 Å². The average molecular weight is 240 g/mol. The molecule has 2 atom stereocenters. The predicted octanol–water partition coefficient (Wildman–Crippen LogP) is 1.73. The van der Waals surface area contributed by atoms with E-state index in [0.717, 1.165) is 32.2 Å². The molecule has 0 aliphatic carbocycles. The minimum atomic E-state index is 0.373. The zero-order valence-electron chi connectivity index (χ0n) is 11.5. The summed E-state index contributed by atoms with van der Waals surface area (Å²) in [4.78, 5) is 2.65. The summed E-state index contributed by atoms with van der Waals surface area (Å²) in [6.45, 7) is 12.5. The topological polar surface area (TPSA) is 24.5 Å². The number of hydrogen-bond acceptors (Lipinski definition) is 3. The maximum absolute atomic E-state index is 5.75. The highest BCUT2D eigenvalue weighted by atomic mass is 16.5. The lowest BCUT2D eigenvalue weighted by Crippen LogP contribution is -2.48. The second kappa shape index (κ2) is 6.17. The lowest BCUT2D eigenvalue weighted by Gasteiger charge is -2.40. The van der Waals surface area contributed by atoms with E-state index in [0.29, 0.717) is 5.41 Å². The quantitative estimate of drug-likeness (QED) is 0.792. The molecule has 0 aromatic heterocycles. The fourth-order valence-corrected chi connectivity index (χ4v) is 3.26. The van der Waals surface area contributed by atoms with Crippen molar-refractivity contribution in [3.8, 4) is 0 Å². The van der Waals surface area contributed by atoms with E-state index in [1.807, 2.05) is 0 Å². The minimum Gasteiger partial charge on any atom is -0.381 e. The lowest BCUT2D eigenvalue weighted by atomic mass is 9.81. The summed E-state index contributed by atoms with van der Waals surface area (Å²) in [6, 6.07) is 0. The molecule has 1 N–H and O–H groups in total. The van der Waals surface area contributed by atoms with Crippen molar-refractivity contribution in [3.63, 3.8) is 0 Å². The van der Waals surface area contributed by atoms with E-state index < -0.39 is 0 Å².